The van der Waals surface area contributed by atoms with Gasteiger partial charge in [-0.1, -0.05) is 30.3 Å². The summed E-state index contributed by atoms with van der Waals surface area (Å²) in [6.45, 7) is 1.67. The molecule has 0 aliphatic carbocycles. The van der Waals surface area contributed by atoms with Crippen LogP contribution in [0.4, 0.5) is 0 Å². The van der Waals surface area contributed by atoms with Gasteiger partial charge in [0.2, 0.25) is 0 Å². The number of aromatic nitrogens is 1. The number of amides is 1. The summed E-state index contributed by atoms with van der Waals surface area (Å²) >= 11 is 0. The molecular weight excluding hydrogens is 278 g/mol. The first-order valence-corrected chi connectivity index (χ1v) is 6.96. The Kier molecular flexibility index (Phi) is 5.82. The molecule has 5 nitrogen and oxygen atoms in total. The average Bonchev–Trinajstić information content (AvgIpc) is 2.54. The molecule has 1 heterocycles. The standard InChI is InChI=1S/C17H19N3O2/c1-20(13-16-3-2-10-18-11-16)12-15-6-4-14(5-7-15)8-9-17(21)19-22/h2-11,22H,12-13H2,1H3,(H,19,21)/b9-8+. The first kappa shape index (κ1) is 15.9. The first-order chi connectivity index (χ1) is 10.7. The van der Waals surface area contributed by atoms with E-state index in [-0.39, 0.29) is 0 Å². The number of carbonyl (C=O) groups is 1. The fourth-order valence-electron chi connectivity index (χ4n) is 2.11. The number of nitrogens with one attached hydrogen (secondary N) is 1. The van der Waals surface area contributed by atoms with Crippen LogP contribution in [0.1, 0.15) is 16.7 Å². The Morgan fingerprint density at radius 3 is 2.59 bits per heavy atom. The predicted octanol–water partition coefficient (Wildman–Crippen LogP) is 2.23. The SMILES string of the molecule is CN(Cc1ccc(/C=C/C(=O)NO)cc1)Cc1cccnc1. The van der Waals surface area contributed by atoms with Crippen molar-refractivity contribution in [3.8, 4) is 0 Å². The van der Waals surface area contributed by atoms with E-state index in [1.54, 1.807) is 17.8 Å². The summed E-state index contributed by atoms with van der Waals surface area (Å²) in [5.41, 5.74) is 4.83. The van der Waals surface area contributed by atoms with E-state index in [1.165, 1.54) is 17.2 Å². The predicted molar refractivity (Wildman–Crippen MR) is 84.8 cm³/mol. The molecule has 1 aromatic heterocycles. The Hall–Kier alpha value is -2.50. The summed E-state index contributed by atoms with van der Waals surface area (Å²) in [6.07, 6.45) is 6.57. The molecular formula is C17H19N3O2. The molecule has 0 aliphatic rings. The van der Waals surface area contributed by atoms with Gasteiger partial charge in [-0.2, -0.15) is 0 Å². The summed E-state index contributed by atoms with van der Waals surface area (Å²) in [7, 11) is 2.06. The van der Waals surface area contributed by atoms with Crippen molar-refractivity contribution in [2.75, 3.05) is 7.05 Å². The highest BCUT2D eigenvalue weighted by molar-refractivity contribution is 5.90. The van der Waals surface area contributed by atoms with Gasteiger partial charge in [0, 0.05) is 31.6 Å². The molecule has 0 aliphatic heterocycles. The van der Waals surface area contributed by atoms with Crippen molar-refractivity contribution in [1.82, 2.24) is 15.4 Å². The van der Waals surface area contributed by atoms with E-state index < -0.39 is 5.91 Å². The van der Waals surface area contributed by atoms with E-state index in [9.17, 15) is 4.79 Å². The van der Waals surface area contributed by atoms with Crippen molar-refractivity contribution >= 4 is 12.0 Å². The lowest BCUT2D eigenvalue weighted by molar-refractivity contribution is -0.124. The van der Waals surface area contributed by atoms with Crippen LogP contribution in [0, 0.1) is 0 Å². The van der Waals surface area contributed by atoms with Crippen LogP contribution in [0.3, 0.4) is 0 Å². The van der Waals surface area contributed by atoms with Crippen molar-refractivity contribution in [2.24, 2.45) is 0 Å². The van der Waals surface area contributed by atoms with Gasteiger partial charge in [-0.3, -0.25) is 19.9 Å². The van der Waals surface area contributed by atoms with Crippen molar-refractivity contribution in [1.29, 1.82) is 0 Å². The van der Waals surface area contributed by atoms with Gasteiger partial charge in [0.25, 0.3) is 5.91 Å². The normalized spacial score (nSPS) is 11.0. The maximum atomic E-state index is 10.9. The van der Waals surface area contributed by atoms with Crippen LogP contribution in [-0.4, -0.2) is 28.0 Å². The summed E-state index contributed by atoms with van der Waals surface area (Å²) < 4.78 is 0. The summed E-state index contributed by atoms with van der Waals surface area (Å²) in [4.78, 5) is 17.2. The van der Waals surface area contributed by atoms with Gasteiger partial charge in [-0.25, -0.2) is 5.48 Å². The van der Waals surface area contributed by atoms with E-state index in [0.29, 0.717) is 0 Å². The van der Waals surface area contributed by atoms with Crippen molar-refractivity contribution < 1.29 is 10.0 Å². The van der Waals surface area contributed by atoms with E-state index in [2.05, 4.69) is 23.0 Å². The Balaban J connectivity index is 1.90. The molecule has 1 aromatic carbocycles. The molecule has 0 radical (unpaired) electrons. The molecule has 0 saturated heterocycles. The van der Waals surface area contributed by atoms with Crippen LogP contribution in [0.25, 0.3) is 6.08 Å². The molecule has 0 saturated carbocycles. The number of hydroxylamine groups is 1. The molecule has 114 valence electrons. The minimum absolute atomic E-state index is 0.541. The lowest BCUT2D eigenvalue weighted by Gasteiger charge is -2.16. The highest BCUT2D eigenvalue weighted by Gasteiger charge is 2.02. The fourth-order valence-corrected chi connectivity index (χ4v) is 2.11. The quantitative estimate of drug-likeness (QED) is 0.487. The first-order valence-electron chi connectivity index (χ1n) is 6.96. The van der Waals surface area contributed by atoms with Gasteiger partial charge in [-0.15, -0.1) is 0 Å². The number of hydrogen-bond donors (Lipinski definition) is 2. The molecule has 0 spiro atoms. The van der Waals surface area contributed by atoms with Crippen LogP contribution >= 0.6 is 0 Å². The third kappa shape index (κ3) is 5.12. The van der Waals surface area contributed by atoms with Gasteiger partial charge >= 0.3 is 0 Å². The molecule has 0 unspecified atom stereocenters. The van der Waals surface area contributed by atoms with Crippen molar-refractivity contribution in [2.45, 2.75) is 13.1 Å². The zero-order chi connectivity index (χ0) is 15.8. The lowest BCUT2D eigenvalue weighted by atomic mass is 10.1. The van der Waals surface area contributed by atoms with Gasteiger partial charge in [0.15, 0.2) is 0 Å². The van der Waals surface area contributed by atoms with Crippen LogP contribution in [0.15, 0.2) is 54.9 Å². The zero-order valence-electron chi connectivity index (χ0n) is 12.4. The molecule has 1 amide bonds. The monoisotopic (exact) mass is 297 g/mol. The van der Waals surface area contributed by atoms with Crippen LogP contribution in [0.5, 0.6) is 0 Å². The highest BCUT2D eigenvalue weighted by Crippen LogP contribution is 2.10. The largest absolute Gasteiger partial charge is 0.298 e. The third-order valence-electron chi connectivity index (χ3n) is 3.14. The second-order valence-corrected chi connectivity index (χ2v) is 5.08. The second kappa shape index (κ2) is 8.07. The number of benzene rings is 1. The Morgan fingerprint density at radius 2 is 1.95 bits per heavy atom. The van der Waals surface area contributed by atoms with Crippen molar-refractivity contribution in [3.63, 3.8) is 0 Å². The molecule has 0 fully saturated rings. The molecule has 22 heavy (non-hydrogen) atoms. The van der Waals surface area contributed by atoms with E-state index >= 15 is 0 Å². The van der Waals surface area contributed by atoms with Gasteiger partial charge in [-0.05, 0) is 35.9 Å². The fraction of sp³-hybridized carbons (Fsp3) is 0.176. The van der Waals surface area contributed by atoms with Crippen LogP contribution in [-0.2, 0) is 17.9 Å². The maximum Gasteiger partial charge on any atom is 0.267 e. The minimum atomic E-state index is -0.541. The van der Waals surface area contributed by atoms with Crippen LogP contribution < -0.4 is 5.48 Å². The molecule has 2 rings (SSSR count). The van der Waals surface area contributed by atoms with Gasteiger partial charge in [0.05, 0.1) is 0 Å². The summed E-state index contributed by atoms with van der Waals surface area (Å²) in [5.74, 6) is -0.541. The third-order valence-corrected chi connectivity index (χ3v) is 3.14. The number of nitrogens with zero attached hydrogens (tertiary/aromatic N) is 2. The molecule has 2 N–H and O–H groups in total. The topological polar surface area (TPSA) is 65.5 Å². The molecule has 0 atom stereocenters. The Labute approximate surface area is 129 Å². The second-order valence-electron chi connectivity index (χ2n) is 5.08. The Bertz CT molecular complexity index is 624. The van der Waals surface area contributed by atoms with E-state index in [4.69, 9.17) is 5.21 Å². The minimum Gasteiger partial charge on any atom is -0.298 e. The number of rotatable bonds is 6. The number of pyridine rings is 1. The molecule has 2 aromatic rings. The highest BCUT2D eigenvalue weighted by atomic mass is 16.5. The zero-order valence-corrected chi connectivity index (χ0v) is 12.4. The summed E-state index contributed by atoms with van der Waals surface area (Å²) in [5, 5.41) is 8.42. The van der Waals surface area contributed by atoms with Crippen LogP contribution in [0.2, 0.25) is 0 Å². The summed E-state index contributed by atoms with van der Waals surface area (Å²) in [6, 6.07) is 11.9. The maximum absolute atomic E-state index is 10.9. The van der Waals surface area contributed by atoms with Gasteiger partial charge in [0.1, 0.15) is 0 Å². The van der Waals surface area contributed by atoms with E-state index in [1.807, 2.05) is 36.5 Å². The van der Waals surface area contributed by atoms with E-state index in [0.717, 1.165) is 18.7 Å². The van der Waals surface area contributed by atoms with Gasteiger partial charge < -0.3 is 0 Å². The molecule has 0 bridgehead atoms. The number of carbonyl (C=O) groups excluding carboxylic acids is 1. The smallest absolute Gasteiger partial charge is 0.267 e. The Morgan fingerprint density at radius 1 is 1.23 bits per heavy atom. The lowest BCUT2D eigenvalue weighted by Crippen LogP contribution is -2.17. The average molecular weight is 297 g/mol. The van der Waals surface area contributed by atoms with Crippen molar-refractivity contribution in [3.05, 3.63) is 71.6 Å². The number of hydrogen-bond acceptors (Lipinski definition) is 4. The molecule has 5 heteroatoms.